The van der Waals surface area contributed by atoms with Gasteiger partial charge < -0.3 is 5.32 Å². The first-order valence-corrected chi connectivity index (χ1v) is 8.42. The van der Waals surface area contributed by atoms with Crippen molar-refractivity contribution in [3.8, 4) is 6.07 Å². The van der Waals surface area contributed by atoms with Crippen LogP contribution in [0.1, 0.15) is 65.2 Å². The fourth-order valence-corrected chi connectivity index (χ4v) is 3.75. The molecule has 112 valence electrons. The van der Waals surface area contributed by atoms with Gasteiger partial charge in [-0.05, 0) is 44.9 Å². The molecule has 1 fully saturated rings. The summed E-state index contributed by atoms with van der Waals surface area (Å²) >= 11 is 0. The molecule has 0 aliphatic heterocycles. The Kier molecular flexibility index (Phi) is 5.66. The van der Waals surface area contributed by atoms with Crippen molar-refractivity contribution < 1.29 is 0 Å². The molecule has 0 radical (unpaired) electrons. The average Bonchev–Trinajstić information content (AvgIpc) is 2.46. The van der Waals surface area contributed by atoms with Crippen molar-refractivity contribution in [2.24, 2.45) is 17.8 Å². The van der Waals surface area contributed by atoms with Gasteiger partial charge in [-0.1, -0.05) is 44.3 Å². The highest BCUT2D eigenvalue weighted by Crippen LogP contribution is 2.30. The molecule has 0 heterocycles. The van der Waals surface area contributed by atoms with Crippen LogP contribution in [0.4, 0.5) is 0 Å². The molecule has 2 rings (SSSR count). The molecular formula is C18H30N2. The van der Waals surface area contributed by atoms with Crippen LogP contribution in [0.15, 0.2) is 12.2 Å². The highest BCUT2D eigenvalue weighted by Gasteiger charge is 2.25. The third-order valence-electron chi connectivity index (χ3n) is 5.00. The van der Waals surface area contributed by atoms with Crippen LogP contribution >= 0.6 is 0 Å². The summed E-state index contributed by atoms with van der Waals surface area (Å²) in [7, 11) is 0. The van der Waals surface area contributed by atoms with Gasteiger partial charge in [-0.2, -0.15) is 5.26 Å². The predicted octanol–water partition coefficient (Wildman–Crippen LogP) is 4.43. The molecule has 2 nitrogen and oxygen atoms in total. The van der Waals surface area contributed by atoms with E-state index >= 15 is 0 Å². The van der Waals surface area contributed by atoms with E-state index < -0.39 is 0 Å². The standard InChI is InChI=1S/C18H30N2/c1-18(2,12-15-6-4-3-5-7-15)20-14-17-10-8-16(13-19)9-11-17/h8,10,15-17,20H,3-7,9,11-12,14H2,1-2H3/t16-,17+/m0/s1. The Balaban J connectivity index is 1.73. The minimum atomic E-state index is 0.154. The maximum atomic E-state index is 8.90. The summed E-state index contributed by atoms with van der Waals surface area (Å²) in [6.07, 6.45) is 15.0. The van der Waals surface area contributed by atoms with E-state index in [4.69, 9.17) is 5.26 Å². The van der Waals surface area contributed by atoms with E-state index in [1.54, 1.807) is 0 Å². The van der Waals surface area contributed by atoms with Crippen LogP contribution in [0, 0.1) is 29.1 Å². The van der Waals surface area contributed by atoms with Gasteiger partial charge in [0.05, 0.1) is 12.0 Å². The molecule has 0 spiro atoms. The van der Waals surface area contributed by atoms with E-state index in [0.29, 0.717) is 5.92 Å². The molecule has 2 heteroatoms. The molecule has 0 aromatic carbocycles. The number of nitrogens with zero attached hydrogens (tertiary/aromatic N) is 1. The second-order valence-corrected chi connectivity index (χ2v) is 7.43. The van der Waals surface area contributed by atoms with Gasteiger partial charge in [-0.15, -0.1) is 0 Å². The lowest BCUT2D eigenvalue weighted by Gasteiger charge is -2.34. The Hall–Kier alpha value is -0.810. The number of allylic oxidation sites excluding steroid dienone is 1. The van der Waals surface area contributed by atoms with Crippen LogP contribution in [-0.4, -0.2) is 12.1 Å². The van der Waals surface area contributed by atoms with Crippen LogP contribution < -0.4 is 5.32 Å². The van der Waals surface area contributed by atoms with E-state index in [2.05, 4.69) is 37.4 Å². The van der Waals surface area contributed by atoms with E-state index in [1.165, 1.54) is 38.5 Å². The Morgan fingerprint density at radius 1 is 1.10 bits per heavy atom. The summed E-state index contributed by atoms with van der Waals surface area (Å²) in [5.41, 5.74) is 0.252. The molecule has 20 heavy (non-hydrogen) atoms. The molecule has 0 saturated heterocycles. The van der Waals surface area contributed by atoms with Crippen molar-refractivity contribution in [2.45, 2.75) is 70.8 Å². The van der Waals surface area contributed by atoms with Crippen LogP contribution in [0.2, 0.25) is 0 Å². The largest absolute Gasteiger partial charge is 0.311 e. The Morgan fingerprint density at radius 2 is 1.85 bits per heavy atom. The van der Waals surface area contributed by atoms with E-state index in [0.717, 1.165) is 25.3 Å². The molecule has 0 aromatic rings. The zero-order chi connectivity index (χ0) is 14.4. The number of nitriles is 1. The Morgan fingerprint density at radius 3 is 2.45 bits per heavy atom. The third kappa shape index (κ3) is 4.94. The first-order chi connectivity index (χ1) is 9.59. The lowest BCUT2D eigenvalue weighted by Crippen LogP contribution is -2.43. The average molecular weight is 274 g/mol. The summed E-state index contributed by atoms with van der Waals surface area (Å²) in [6.45, 7) is 5.77. The minimum absolute atomic E-state index is 0.154. The van der Waals surface area contributed by atoms with Gasteiger partial charge in [0.2, 0.25) is 0 Å². The van der Waals surface area contributed by atoms with Gasteiger partial charge in [0.25, 0.3) is 0 Å². The van der Waals surface area contributed by atoms with Crippen molar-refractivity contribution in [1.82, 2.24) is 5.32 Å². The van der Waals surface area contributed by atoms with Gasteiger partial charge in [0.1, 0.15) is 0 Å². The molecule has 0 bridgehead atoms. The highest BCUT2D eigenvalue weighted by atomic mass is 15.0. The normalized spacial score (nSPS) is 28.2. The zero-order valence-electron chi connectivity index (χ0n) is 13.2. The monoisotopic (exact) mass is 274 g/mol. The summed E-state index contributed by atoms with van der Waals surface area (Å²) in [4.78, 5) is 0. The van der Waals surface area contributed by atoms with Gasteiger partial charge in [0.15, 0.2) is 0 Å². The SMILES string of the molecule is CC(C)(CC1CCCCC1)NC[C@@H]1C=C[C@H](C#N)CC1. The van der Waals surface area contributed by atoms with E-state index in [1.807, 2.05) is 0 Å². The highest BCUT2D eigenvalue weighted by molar-refractivity contribution is 5.06. The van der Waals surface area contributed by atoms with E-state index in [9.17, 15) is 0 Å². The molecule has 0 amide bonds. The molecule has 2 atom stereocenters. The minimum Gasteiger partial charge on any atom is -0.311 e. The van der Waals surface area contributed by atoms with Crippen molar-refractivity contribution in [3.05, 3.63) is 12.2 Å². The van der Waals surface area contributed by atoms with Crippen LogP contribution in [0.25, 0.3) is 0 Å². The second kappa shape index (κ2) is 7.27. The molecule has 1 N–H and O–H groups in total. The maximum Gasteiger partial charge on any atom is 0.0697 e. The summed E-state index contributed by atoms with van der Waals surface area (Å²) in [6, 6.07) is 2.34. The van der Waals surface area contributed by atoms with Gasteiger partial charge in [0, 0.05) is 12.1 Å². The Bertz CT molecular complexity index is 358. The first kappa shape index (κ1) is 15.6. The molecule has 2 aliphatic rings. The van der Waals surface area contributed by atoms with Crippen molar-refractivity contribution >= 4 is 0 Å². The van der Waals surface area contributed by atoms with Crippen LogP contribution in [0.3, 0.4) is 0 Å². The van der Waals surface area contributed by atoms with Crippen molar-refractivity contribution in [2.75, 3.05) is 6.54 Å². The topological polar surface area (TPSA) is 35.8 Å². The Labute approximate surface area is 124 Å². The number of hydrogen-bond donors (Lipinski definition) is 1. The number of rotatable bonds is 5. The number of nitrogens with one attached hydrogen (secondary N) is 1. The molecular weight excluding hydrogens is 244 g/mol. The van der Waals surface area contributed by atoms with Crippen LogP contribution in [0.5, 0.6) is 0 Å². The maximum absolute atomic E-state index is 8.90. The fourth-order valence-electron chi connectivity index (χ4n) is 3.75. The predicted molar refractivity (Wildman–Crippen MR) is 84.2 cm³/mol. The molecule has 0 unspecified atom stereocenters. The van der Waals surface area contributed by atoms with Gasteiger partial charge in [-0.25, -0.2) is 0 Å². The van der Waals surface area contributed by atoms with E-state index in [-0.39, 0.29) is 11.5 Å². The lowest BCUT2D eigenvalue weighted by atomic mass is 9.80. The second-order valence-electron chi connectivity index (χ2n) is 7.43. The fraction of sp³-hybridized carbons (Fsp3) is 0.833. The first-order valence-electron chi connectivity index (χ1n) is 8.42. The van der Waals surface area contributed by atoms with Crippen molar-refractivity contribution in [3.63, 3.8) is 0 Å². The molecule has 0 aromatic heterocycles. The van der Waals surface area contributed by atoms with Crippen LogP contribution in [-0.2, 0) is 0 Å². The summed E-state index contributed by atoms with van der Waals surface area (Å²) < 4.78 is 0. The smallest absolute Gasteiger partial charge is 0.0697 e. The van der Waals surface area contributed by atoms with Gasteiger partial charge >= 0.3 is 0 Å². The number of hydrogen-bond acceptors (Lipinski definition) is 2. The lowest BCUT2D eigenvalue weighted by molar-refractivity contribution is 0.239. The third-order valence-corrected chi connectivity index (χ3v) is 5.00. The van der Waals surface area contributed by atoms with Gasteiger partial charge in [-0.3, -0.25) is 0 Å². The summed E-state index contributed by atoms with van der Waals surface area (Å²) in [5, 5.41) is 12.7. The quantitative estimate of drug-likeness (QED) is 0.753. The molecule has 1 saturated carbocycles. The van der Waals surface area contributed by atoms with Crippen molar-refractivity contribution in [1.29, 1.82) is 5.26 Å². The molecule has 2 aliphatic carbocycles. The summed E-state index contributed by atoms with van der Waals surface area (Å²) in [5.74, 6) is 1.70. The zero-order valence-corrected chi connectivity index (χ0v) is 13.2.